The highest BCUT2D eigenvalue weighted by Gasteiger charge is 2.32. The second kappa shape index (κ2) is 7.20. The van der Waals surface area contributed by atoms with E-state index in [-0.39, 0.29) is 22.3 Å². The highest BCUT2D eigenvalue weighted by molar-refractivity contribution is 6.82. The fourth-order valence-electron chi connectivity index (χ4n) is 1.18. The minimum absolute atomic E-state index is 0.0896. The van der Waals surface area contributed by atoms with Crippen molar-refractivity contribution in [2.24, 2.45) is 5.10 Å². The number of hydrogen-bond donors (Lipinski definition) is 1. The van der Waals surface area contributed by atoms with Crippen molar-refractivity contribution in [2.75, 3.05) is 12.0 Å². The van der Waals surface area contributed by atoms with E-state index in [1.165, 1.54) is 0 Å². The molecule has 0 aliphatic rings. The summed E-state index contributed by atoms with van der Waals surface area (Å²) >= 11 is 16.9. The van der Waals surface area contributed by atoms with Gasteiger partial charge in [-0.25, -0.2) is 4.79 Å². The summed E-state index contributed by atoms with van der Waals surface area (Å²) in [6.07, 6.45) is -4.59. The second-order valence-corrected chi connectivity index (χ2v) is 4.72. The molecule has 0 aliphatic carbocycles. The van der Waals surface area contributed by atoms with Crippen LogP contribution in [0.1, 0.15) is 12.5 Å². The maximum Gasteiger partial charge on any atom is 0.416 e. The van der Waals surface area contributed by atoms with Crippen molar-refractivity contribution >= 4 is 51.6 Å². The molecule has 0 amide bonds. The molecule has 0 aliphatic heterocycles. The molecule has 1 rings (SSSR count). The van der Waals surface area contributed by atoms with Gasteiger partial charge in [0.2, 0.25) is 5.17 Å². The lowest BCUT2D eigenvalue weighted by Crippen LogP contribution is -2.13. The quantitative estimate of drug-likeness (QED) is 0.485. The van der Waals surface area contributed by atoms with E-state index in [9.17, 15) is 18.0 Å². The van der Waals surface area contributed by atoms with Gasteiger partial charge in [0.05, 0.1) is 27.9 Å². The number of hydrogen-bond acceptors (Lipinski definition) is 4. The number of rotatable bonds is 4. The topological polar surface area (TPSA) is 50.7 Å². The first-order chi connectivity index (χ1) is 9.66. The van der Waals surface area contributed by atoms with Gasteiger partial charge in [-0.2, -0.15) is 18.3 Å². The van der Waals surface area contributed by atoms with Crippen molar-refractivity contribution in [2.45, 2.75) is 13.1 Å². The highest BCUT2D eigenvalue weighted by Crippen LogP contribution is 2.38. The Morgan fingerprint density at radius 2 is 1.86 bits per heavy atom. The third kappa shape index (κ3) is 4.94. The molecule has 4 nitrogen and oxygen atoms in total. The second-order valence-electron chi connectivity index (χ2n) is 3.55. The van der Waals surface area contributed by atoms with Gasteiger partial charge in [0.25, 0.3) is 0 Å². The molecule has 0 radical (unpaired) electrons. The summed E-state index contributed by atoms with van der Waals surface area (Å²) in [6.45, 7) is 1.66. The summed E-state index contributed by atoms with van der Waals surface area (Å²) in [5.74, 6) is -0.897. The van der Waals surface area contributed by atoms with Crippen LogP contribution in [0.3, 0.4) is 0 Å². The summed E-state index contributed by atoms with van der Waals surface area (Å²) < 4.78 is 42.2. The van der Waals surface area contributed by atoms with E-state index < -0.39 is 22.9 Å². The van der Waals surface area contributed by atoms with Crippen LogP contribution in [0.25, 0.3) is 0 Å². The van der Waals surface area contributed by atoms with Crippen molar-refractivity contribution < 1.29 is 22.7 Å². The van der Waals surface area contributed by atoms with Crippen molar-refractivity contribution in [3.63, 3.8) is 0 Å². The summed E-state index contributed by atoms with van der Waals surface area (Å²) in [4.78, 5) is 11.2. The van der Waals surface area contributed by atoms with E-state index in [4.69, 9.17) is 34.8 Å². The third-order valence-corrected chi connectivity index (χ3v) is 2.91. The average Bonchev–Trinajstić information content (AvgIpc) is 2.36. The zero-order chi connectivity index (χ0) is 16.2. The van der Waals surface area contributed by atoms with E-state index in [0.717, 1.165) is 0 Å². The molecule has 1 N–H and O–H groups in total. The minimum atomic E-state index is -4.59. The fourth-order valence-corrected chi connectivity index (χ4v) is 1.85. The number of alkyl halides is 3. The van der Waals surface area contributed by atoms with Crippen molar-refractivity contribution in [1.82, 2.24) is 0 Å². The minimum Gasteiger partial charge on any atom is -0.461 e. The molecule has 10 heteroatoms. The zero-order valence-electron chi connectivity index (χ0n) is 10.4. The molecule has 1 aromatic rings. The van der Waals surface area contributed by atoms with Crippen LogP contribution in [-0.4, -0.2) is 17.7 Å². The van der Waals surface area contributed by atoms with Crippen LogP contribution in [0.5, 0.6) is 0 Å². The molecule has 0 fully saturated rings. The Balaban J connectivity index is 3.01. The number of carbonyl (C=O) groups is 1. The van der Waals surface area contributed by atoms with Crippen molar-refractivity contribution in [3.8, 4) is 0 Å². The maximum atomic E-state index is 12.5. The van der Waals surface area contributed by atoms with Crippen LogP contribution in [-0.2, 0) is 15.7 Å². The van der Waals surface area contributed by atoms with Crippen LogP contribution in [0, 0.1) is 0 Å². The lowest BCUT2D eigenvalue weighted by molar-refractivity contribution is -0.137. The Hall–Kier alpha value is -1.18. The predicted octanol–water partition coefficient (Wildman–Crippen LogP) is 4.54. The number of benzene rings is 1. The smallest absolute Gasteiger partial charge is 0.416 e. The Morgan fingerprint density at radius 3 is 2.29 bits per heavy atom. The van der Waals surface area contributed by atoms with Crippen molar-refractivity contribution in [3.05, 3.63) is 27.7 Å². The number of nitrogens with zero attached hydrogens (tertiary/aromatic N) is 1. The molecule has 0 heterocycles. The lowest BCUT2D eigenvalue weighted by Gasteiger charge is -2.11. The molecular weight excluding hydrogens is 355 g/mol. The van der Waals surface area contributed by atoms with E-state index >= 15 is 0 Å². The Morgan fingerprint density at radius 1 is 1.33 bits per heavy atom. The molecule has 0 unspecified atom stereocenters. The number of ether oxygens (including phenoxy) is 1. The molecule has 21 heavy (non-hydrogen) atoms. The van der Waals surface area contributed by atoms with Gasteiger partial charge < -0.3 is 4.74 Å². The van der Waals surface area contributed by atoms with Crippen LogP contribution < -0.4 is 5.43 Å². The van der Waals surface area contributed by atoms with Crippen LogP contribution in [0.2, 0.25) is 10.0 Å². The largest absolute Gasteiger partial charge is 0.461 e. The normalized spacial score (nSPS) is 12.2. The number of hydrazone groups is 1. The fraction of sp³-hybridized carbons (Fsp3) is 0.273. The van der Waals surface area contributed by atoms with Gasteiger partial charge in [0, 0.05) is 0 Å². The average molecular weight is 364 g/mol. The summed E-state index contributed by atoms with van der Waals surface area (Å²) in [6, 6.07) is 1.34. The number of carbonyl (C=O) groups excluding carboxylic acids is 1. The molecule has 0 bridgehead atoms. The van der Waals surface area contributed by atoms with Crippen LogP contribution in [0.4, 0.5) is 18.9 Å². The standard InChI is InChI=1S/C11H8Cl3F3N2O2/c1-2-21-10(20)9(14)19-18-8-6(12)3-5(4-7(8)13)11(15,16)17/h3-4,18H,2H2,1H3/b19-9-. The van der Waals surface area contributed by atoms with E-state index in [1.54, 1.807) is 6.92 Å². The van der Waals surface area contributed by atoms with E-state index in [2.05, 4.69) is 15.3 Å². The number of nitrogens with one attached hydrogen (secondary N) is 1. The highest BCUT2D eigenvalue weighted by atomic mass is 35.5. The molecule has 0 spiro atoms. The van der Waals surface area contributed by atoms with Gasteiger partial charge in [-0.3, -0.25) is 5.43 Å². The Labute approximate surface area is 132 Å². The van der Waals surface area contributed by atoms with Gasteiger partial charge in [0.15, 0.2) is 0 Å². The molecule has 0 saturated heterocycles. The van der Waals surface area contributed by atoms with Crippen LogP contribution in [0.15, 0.2) is 17.2 Å². The van der Waals surface area contributed by atoms with Gasteiger partial charge in [-0.15, -0.1) is 0 Å². The molecule has 0 saturated carbocycles. The SMILES string of the molecule is CCOC(=O)/C(Cl)=N/Nc1c(Cl)cc(C(F)(F)F)cc1Cl. The monoisotopic (exact) mass is 362 g/mol. The first-order valence-corrected chi connectivity index (χ1v) is 6.52. The Bertz CT molecular complexity index is 553. The van der Waals surface area contributed by atoms with Crippen molar-refractivity contribution in [1.29, 1.82) is 0 Å². The van der Waals surface area contributed by atoms with Gasteiger partial charge in [0.1, 0.15) is 0 Å². The first kappa shape index (κ1) is 17.9. The van der Waals surface area contributed by atoms with Crippen LogP contribution >= 0.6 is 34.8 Å². The van der Waals surface area contributed by atoms with Gasteiger partial charge in [-0.05, 0) is 19.1 Å². The van der Waals surface area contributed by atoms with Gasteiger partial charge in [-0.1, -0.05) is 34.8 Å². The number of esters is 1. The number of anilines is 1. The molecule has 0 atom stereocenters. The predicted molar refractivity (Wildman–Crippen MR) is 75.0 cm³/mol. The first-order valence-electron chi connectivity index (χ1n) is 5.39. The number of halogens is 6. The molecular formula is C11H8Cl3F3N2O2. The summed E-state index contributed by atoms with van der Waals surface area (Å²) in [5.41, 5.74) is 1.10. The van der Waals surface area contributed by atoms with E-state index in [0.29, 0.717) is 12.1 Å². The summed E-state index contributed by atoms with van der Waals surface area (Å²) in [5, 5.41) is 2.23. The lowest BCUT2D eigenvalue weighted by atomic mass is 10.2. The summed E-state index contributed by atoms with van der Waals surface area (Å²) in [7, 11) is 0. The van der Waals surface area contributed by atoms with Gasteiger partial charge >= 0.3 is 12.1 Å². The van der Waals surface area contributed by atoms with E-state index in [1.807, 2.05) is 0 Å². The third-order valence-electron chi connectivity index (χ3n) is 2.08. The molecule has 1 aromatic carbocycles. The molecule has 0 aromatic heterocycles. The Kier molecular flexibility index (Phi) is 6.12. The maximum absolute atomic E-state index is 12.5. The molecule has 116 valence electrons. The zero-order valence-corrected chi connectivity index (χ0v) is 12.7.